The molecule has 134 valence electrons. The van der Waals surface area contributed by atoms with Crippen LogP contribution in [0.3, 0.4) is 0 Å². The van der Waals surface area contributed by atoms with Gasteiger partial charge in [-0.25, -0.2) is 0 Å². The second-order valence-corrected chi connectivity index (χ2v) is 9.58. The zero-order chi connectivity index (χ0) is 17.3. The zero-order valence-corrected chi connectivity index (χ0v) is 15.3. The first-order valence-corrected chi connectivity index (χ1v) is 9.88. The number of aliphatic hydroxyl groups is 2. The van der Waals surface area contributed by atoms with Gasteiger partial charge in [0.2, 0.25) is 0 Å². The molecule has 0 spiro atoms. The van der Waals surface area contributed by atoms with Crippen LogP contribution < -0.4 is 0 Å². The Morgan fingerprint density at radius 2 is 1.92 bits per heavy atom. The molecule has 4 rings (SSSR count). The van der Waals surface area contributed by atoms with Crippen molar-refractivity contribution in [3.05, 3.63) is 11.6 Å². The predicted octanol–water partition coefficient (Wildman–Crippen LogP) is 3.49. The summed E-state index contributed by atoms with van der Waals surface area (Å²) in [6.07, 6.45) is 8.10. The fourth-order valence-electron chi connectivity index (χ4n) is 7.44. The summed E-state index contributed by atoms with van der Waals surface area (Å²) >= 11 is 0. The maximum atomic E-state index is 11.9. The molecule has 2 N–H and O–H groups in total. The Labute approximate surface area is 145 Å². The van der Waals surface area contributed by atoms with Crippen molar-refractivity contribution in [1.82, 2.24) is 0 Å². The summed E-state index contributed by atoms with van der Waals surface area (Å²) < 4.78 is 0. The van der Waals surface area contributed by atoms with Crippen molar-refractivity contribution in [2.75, 3.05) is 0 Å². The van der Waals surface area contributed by atoms with Gasteiger partial charge in [0.15, 0.2) is 5.78 Å². The van der Waals surface area contributed by atoms with Gasteiger partial charge in [-0.15, -0.1) is 0 Å². The number of carbonyl (C=O) groups is 1. The quantitative estimate of drug-likeness (QED) is 0.773. The molecule has 8 unspecified atom stereocenters. The van der Waals surface area contributed by atoms with E-state index in [4.69, 9.17) is 0 Å². The van der Waals surface area contributed by atoms with E-state index in [2.05, 4.69) is 13.8 Å². The predicted molar refractivity (Wildman–Crippen MR) is 93.3 cm³/mol. The van der Waals surface area contributed by atoms with Gasteiger partial charge >= 0.3 is 0 Å². The van der Waals surface area contributed by atoms with Crippen LogP contribution in [0.15, 0.2) is 11.6 Å². The van der Waals surface area contributed by atoms with Crippen LogP contribution in [0.2, 0.25) is 0 Å². The van der Waals surface area contributed by atoms with Crippen molar-refractivity contribution in [1.29, 1.82) is 0 Å². The van der Waals surface area contributed by atoms with Crippen LogP contribution in [-0.4, -0.2) is 28.2 Å². The third-order valence-corrected chi connectivity index (χ3v) is 8.63. The SMILES string of the molecule is CC(O)C1CCC2C3CC(O)C4=CC(=O)CCC4(C)C3CCC12C. The largest absolute Gasteiger partial charge is 0.393 e. The monoisotopic (exact) mass is 332 g/mol. The number of ketones is 1. The molecule has 3 nitrogen and oxygen atoms in total. The van der Waals surface area contributed by atoms with Crippen LogP contribution >= 0.6 is 0 Å². The van der Waals surface area contributed by atoms with Crippen LogP contribution in [0, 0.1) is 34.5 Å². The second kappa shape index (κ2) is 5.41. The minimum absolute atomic E-state index is 0.000487. The number of carbonyl (C=O) groups excluding carboxylic acids is 1. The van der Waals surface area contributed by atoms with E-state index in [-0.39, 0.29) is 22.7 Å². The molecular weight excluding hydrogens is 300 g/mol. The van der Waals surface area contributed by atoms with Gasteiger partial charge in [-0.1, -0.05) is 13.8 Å². The molecule has 0 aliphatic heterocycles. The molecule has 3 heteroatoms. The van der Waals surface area contributed by atoms with Crippen molar-refractivity contribution < 1.29 is 15.0 Å². The van der Waals surface area contributed by atoms with Crippen LogP contribution in [0.1, 0.15) is 65.7 Å². The molecule has 4 aliphatic carbocycles. The van der Waals surface area contributed by atoms with E-state index < -0.39 is 6.10 Å². The number of hydrogen-bond donors (Lipinski definition) is 2. The van der Waals surface area contributed by atoms with E-state index in [1.165, 1.54) is 19.3 Å². The van der Waals surface area contributed by atoms with Gasteiger partial charge in [0.05, 0.1) is 12.2 Å². The van der Waals surface area contributed by atoms with Crippen molar-refractivity contribution >= 4 is 5.78 Å². The van der Waals surface area contributed by atoms with Gasteiger partial charge in [-0.05, 0) is 91.6 Å². The Morgan fingerprint density at radius 3 is 2.62 bits per heavy atom. The van der Waals surface area contributed by atoms with Crippen molar-refractivity contribution in [3.63, 3.8) is 0 Å². The summed E-state index contributed by atoms with van der Waals surface area (Å²) in [5, 5.41) is 21.1. The minimum atomic E-state index is -0.451. The second-order valence-electron chi connectivity index (χ2n) is 9.58. The van der Waals surface area contributed by atoms with Crippen LogP contribution in [0.5, 0.6) is 0 Å². The molecule has 4 aliphatic rings. The van der Waals surface area contributed by atoms with Crippen LogP contribution in [-0.2, 0) is 4.79 Å². The molecule has 0 bridgehead atoms. The molecule has 0 aromatic rings. The lowest BCUT2D eigenvalue weighted by Gasteiger charge is -2.59. The summed E-state index contributed by atoms with van der Waals surface area (Å²) in [4.78, 5) is 11.9. The average molecular weight is 332 g/mol. The topological polar surface area (TPSA) is 57.5 Å². The summed E-state index contributed by atoms with van der Waals surface area (Å²) in [6.45, 7) is 6.65. The lowest BCUT2D eigenvalue weighted by atomic mass is 9.46. The molecule has 3 saturated carbocycles. The maximum Gasteiger partial charge on any atom is 0.155 e. The molecule has 24 heavy (non-hydrogen) atoms. The molecule has 0 aromatic carbocycles. The first-order chi connectivity index (χ1) is 11.3. The highest BCUT2D eigenvalue weighted by Crippen LogP contribution is 2.66. The van der Waals surface area contributed by atoms with Crippen molar-refractivity contribution in [2.45, 2.75) is 77.9 Å². The maximum absolute atomic E-state index is 11.9. The van der Waals surface area contributed by atoms with Crippen LogP contribution in [0.4, 0.5) is 0 Å². The van der Waals surface area contributed by atoms with Gasteiger partial charge in [0.25, 0.3) is 0 Å². The Kier molecular flexibility index (Phi) is 3.78. The molecule has 0 radical (unpaired) electrons. The Morgan fingerprint density at radius 1 is 1.17 bits per heavy atom. The Balaban J connectivity index is 1.70. The molecule has 0 amide bonds. The number of rotatable bonds is 1. The minimum Gasteiger partial charge on any atom is -0.393 e. The van der Waals surface area contributed by atoms with E-state index in [0.717, 1.165) is 24.8 Å². The van der Waals surface area contributed by atoms with Crippen molar-refractivity contribution in [3.8, 4) is 0 Å². The summed E-state index contributed by atoms with van der Waals surface area (Å²) in [5.41, 5.74) is 1.24. The Hall–Kier alpha value is -0.670. The third kappa shape index (κ3) is 2.13. The fourth-order valence-corrected chi connectivity index (χ4v) is 7.44. The highest BCUT2D eigenvalue weighted by Gasteiger charge is 2.60. The lowest BCUT2D eigenvalue weighted by Crippen LogP contribution is -2.54. The number of aliphatic hydroxyl groups excluding tert-OH is 2. The Bertz CT molecular complexity index is 580. The average Bonchev–Trinajstić information content (AvgIpc) is 2.87. The van der Waals surface area contributed by atoms with E-state index in [1.54, 1.807) is 6.08 Å². The first-order valence-electron chi connectivity index (χ1n) is 9.88. The van der Waals surface area contributed by atoms with Gasteiger partial charge in [-0.3, -0.25) is 4.79 Å². The first kappa shape index (κ1) is 16.8. The van der Waals surface area contributed by atoms with Crippen molar-refractivity contribution in [2.24, 2.45) is 34.5 Å². The number of fused-ring (bicyclic) bond motifs is 5. The van der Waals surface area contributed by atoms with Crippen LogP contribution in [0.25, 0.3) is 0 Å². The molecule has 3 fully saturated rings. The summed E-state index contributed by atoms with van der Waals surface area (Å²) in [7, 11) is 0. The van der Waals surface area contributed by atoms with Gasteiger partial charge in [0, 0.05) is 6.42 Å². The molecular formula is C21H32O3. The standard InChI is InChI=1S/C21H32O3/c1-12(22)15-4-5-16-14-11-19(24)18-10-13(23)6-8-21(18,3)17(14)7-9-20(15,16)2/h10,12,14-17,19,22,24H,4-9,11H2,1-3H3. The van der Waals surface area contributed by atoms with E-state index in [0.29, 0.717) is 30.1 Å². The third-order valence-electron chi connectivity index (χ3n) is 8.63. The highest BCUT2D eigenvalue weighted by molar-refractivity contribution is 5.91. The smallest absolute Gasteiger partial charge is 0.155 e. The molecule has 0 aromatic heterocycles. The normalized spacial score (nSPS) is 52.1. The molecule has 8 atom stereocenters. The van der Waals surface area contributed by atoms with Gasteiger partial charge in [-0.2, -0.15) is 0 Å². The van der Waals surface area contributed by atoms with Gasteiger partial charge < -0.3 is 10.2 Å². The summed E-state index contributed by atoms with van der Waals surface area (Å²) in [5.74, 6) is 2.33. The zero-order valence-electron chi connectivity index (χ0n) is 15.3. The van der Waals surface area contributed by atoms with E-state index in [1.807, 2.05) is 6.92 Å². The molecule has 0 saturated heterocycles. The number of hydrogen-bond acceptors (Lipinski definition) is 3. The lowest BCUT2D eigenvalue weighted by molar-refractivity contribution is -0.120. The summed E-state index contributed by atoms with van der Waals surface area (Å²) in [6, 6.07) is 0. The van der Waals surface area contributed by atoms with Gasteiger partial charge in [0.1, 0.15) is 0 Å². The van der Waals surface area contributed by atoms with E-state index in [9.17, 15) is 15.0 Å². The fraction of sp³-hybridized carbons (Fsp3) is 0.857. The highest BCUT2D eigenvalue weighted by atomic mass is 16.3. The molecule has 0 heterocycles. The van der Waals surface area contributed by atoms with E-state index >= 15 is 0 Å².